The fraction of sp³-hybridized carbons (Fsp3) is 0.417. The highest BCUT2D eigenvalue weighted by Crippen LogP contribution is 2.38. The van der Waals surface area contributed by atoms with Crippen molar-refractivity contribution in [3.05, 3.63) is 48.8 Å². The zero-order chi connectivity index (χ0) is 29.0. The van der Waals surface area contributed by atoms with Gasteiger partial charge in [0.15, 0.2) is 17.2 Å². The van der Waals surface area contributed by atoms with E-state index >= 15 is 0 Å². The number of sulfonamides is 1. The quantitative estimate of drug-likeness (QED) is 0.334. The molecule has 12 nitrogen and oxygen atoms in total. The average molecular weight is 591 g/mol. The summed E-state index contributed by atoms with van der Waals surface area (Å²) in [5.41, 5.74) is -0.622. The Morgan fingerprint density at radius 2 is 1.90 bits per heavy atom. The Bertz CT molecular complexity index is 1750. The van der Waals surface area contributed by atoms with Crippen molar-refractivity contribution < 1.29 is 26.0 Å². The predicted molar refractivity (Wildman–Crippen MR) is 134 cm³/mol. The summed E-state index contributed by atoms with van der Waals surface area (Å²) < 4.78 is 82.7. The van der Waals surface area contributed by atoms with Crippen molar-refractivity contribution in [3.63, 3.8) is 0 Å². The lowest BCUT2D eigenvalue weighted by molar-refractivity contribution is -0.144. The zero-order valence-electron chi connectivity index (χ0n) is 21.3. The number of alkyl halides is 3. The molecule has 2 saturated heterocycles. The third-order valence-electron chi connectivity index (χ3n) is 7.70. The van der Waals surface area contributed by atoms with E-state index in [0.717, 1.165) is 10.4 Å². The lowest BCUT2D eigenvalue weighted by Crippen LogP contribution is -2.66. The van der Waals surface area contributed by atoms with Crippen molar-refractivity contribution in [2.24, 2.45) is 0 Å². The molecule has 6 heterocycles. The molecule has 0 aliphatic carbocycles. The van der Waals surface area contributed by atoms with Crippen molar-refractivity contribution in [2.45, 2.75) is 41.9 Å². The number of fused-ring (bicyclic) bond motifs is 1. The van der Waals surface area contributed by atoms with Gasteiger partial charge in [0.25, 0.3) is 0 Å². The molecule has 214 valence electrons. The molecule has 2 aliphatic rings. The van der Waals surface area contributed by atoms with Crippen molar-refractivity contribution in [1.29, 1.82) is 5.26 Å². The Morgan fingerprint density at radius 1 is 1.15 bits per heavy atom. The van der Waals surface area contributed by atoms with E-state index in [-0.39, 0.29) is 25.6 Å². The van der Waals surface area contributed by atoms with Crippen LogP contribution in [-0.4, -0.2) is 84.5 Å². The van der Waals surface area contributed by atoms with Crippen molar-refractivity contribution in [3.8, 4) is 17.5 Å². The third kappa shape index (κ3) is 4.61. The molecule has 0 spiro atoms. The Hall–Kier alpha value is -4.01. The van der Waals surface area contributed by atoms with E-state index in [1.165, 1.54) is 6.33 Å². The fourth-order valence-corrected chi connectivity index (χ4v) is 7.09. The van der Waals surface area contributed by atoms with Crippen LogP contribution in [0.1, 0.15) is 25.0 Å². The van der Waals surface area contributed by atoms with Gasteiger partial charge in [-0.15, -0.1) is 0 Å². The molecule has 41 heavy (non-hydrogen) atoms. The van der Waals surface area contributed by atoms with Crippen molar-refractivity contribution >= 4 is 21.1 Å². The van der Waals surface area contributed by atoms with Crippen LogP contribution in [0.3, 0.4) is 0 Å². The van der Waals surface area contributed by atoms with E-state index in [0.29, 0.717) is 54.5 Å². The standard InChI is InChI=1S/C24H22F4N10O2S/c25-19-18(1-6-30-21(19)24(26,27)28)41(39,40)38-7-2-15(3-8-38)36-11-23(12-36,4-5-29)37-10-17(33-14-37)20-16-9-34-35-22(16)32-13-31-20/h1,6,9-10,13-15H,2-4,7-8,11-12H2,(H,31,32,34,35). The smallest absolute Gasteiger partial charge is 0.327 e. The lowest BCUT2D eigenvalue weighted by Gasteiger charge is -2.54. The number of imidazole rings is 1. The number of likely N-dealkylation sites (tertiary alicyclic amines) is 1. The van der Waals surface area contributed by atoms with Gasteiger partial charge in [-0.2, -0.15) is 27.8 Å². The first-order valence-electron chi connectivity index (χ1n) is 12.6. The highest BCUT2D eigenvalue weighted by Gasteiger charge is 2.48. The average Bonchev–Trinajstić information content (AvgIpc) is 3.60. The zero-order valence-corrected chi connectivity index (χ0v) is 22.1. The predicted octanol–water partition coefficient (Wildman–Crippen LogP) is 2.55. The Balaban J connectivity index is 1.14. The first-order valence-corrected chi connectivity index (χ1v) is 14.0. The topological polar surface area (TPSA) is 150 Å². The summed E-state index contributed by atoms with van der Waals surface area (Å²) in [6.07, 6.45) is 3.06. The molecular weight excluding hydrogens is 568 g/mol. The van der Waals surface area contributed by atoms with Crippen LogP contribution < -0.4 is 0 Å². The van der Waals surface area contributed by atoms with Crippen LogP contribution in [0.2, 0.25) is 0 Å². The summed E-state index contributed by atoms with van der Waals surface area (Å²) in [5.74, 6) is -1.90. The van der Waals surface area contributed by atoms with Gasteiger partial charge in [-0.1, -0.05) is 0 Å². The molecule has 6 rings (SSSR count). The van der Waals surface area contributed by atoms with Gasteiger partial charge in [-0.05, 0) is 18.9 Å². The first-order chi connectivity index (χ1) is 19.5. The van der Waals surface area contributed by atoms with Gasteiger partial charge in [0.1, 0.15) is 22.6 Å². The number of halogens is 4. The van der Waals surface area contributed by atoms with E-state index < -0.39 is 38.1 Å². The molecule has 0 bridgehead atoms. The fourth-order valence-electron chi connectivity index (χ4n) is 5.56. The Kier molecular flexibility index (Phi) is 6.51. The molecule has 0 radical (unpaired) electrons. The largest absolute Gasteiger partial charge is 0.436 e. The van der Waals surface area contributed by atoms with E-state index in [2.05, 4.69) is 41.1 Å². The monoisotopic (exact) mass is 590 g/mol. The molecule has 2 aliphatic heterocycles. The van der Waals surface area contributed by atoms with Gasteiger partial charge < -0.3 is 4.57 Å². The normalized spacial score (nSPS) is 18.8. The summed E-state index contributed by atoms with van der Waals surface area (Å²) in [7, 11) is -4.50. The molecule has 4 aromatic rings. The van der Waals surface area contributed by atoms with E-state index in [4.69, 9.17) is 0 Å². The van der Waals surface area contributed by atoms with Crippen LogP contribution >= 0.6 is 0 Å². The van der Waals surface area contributed by atoms with Crippen LogP contribution in [0.15, 0.2) is 42.2 Å². The summed E-state index contributed by atoms with van der Waals surface area (Å²) in [6.45, 7) is 1.07. The number of nitrogens with zero attached hydrogens (tertiary/aromatic N) is 9. The SMILES string of the molecule is N#CCC1(n2cnc(-c3ncnc4[nH]ncc34)c2)CN(C2CCN(S(=O)(=O)c3ccnc(C(F)(F)F)c3F)CC2)C1. The molecule has 0 amide bonds. The minimum absolute atomic E-state index is 0.0154. The summed E-state index contributed by atoms with van der Waals surface area (Å²) in [5, 5.41) is 17.1. The lowest BCUT2D eigenvalue weighted by atomic mass is 9.83. The van der Waals surface area contributed by atoms with Crippen LogP contribution in [-0.2, 0) is 21.7 Å². The second-order valence-corrected chi connectivity index (χ2v) is 12.0. The molecule has 4 aromatic heterocycles. The molecule has 0 unspecified atom stereocenters. The number of hydrogen-bond acceptors (Lipinski definition) is 9. The van der Waals surface area contributed by atoms with Gasteiger partial charge >= 0.3 is 6.18 Å². The second kappa shape index (κ2) is 9.82. The molecule has 2 fully saturated rings. The summed E-state index contributed by atoms with van der Waals surface area (Å²) in [6, 6.07) is 2.98. The summed E-state index contributed by atoms with van der Waals surface area (Å²) in [4.78, 5) is 17.1. The second-order valence-electron chi connectivity index (χ2n) is 10.1. The van der Waals surface area contributed by atoms with Crippen LogP contribution in [0.25, 0.3) is 22.4 Å². The number of nitrogens with one attached hydrogen (secondary N) is 1. The van der Waals surface area contributed by atoms with E-state index in [9.17, 15) is 31.2 Å². The molecule has 1 N–H and O–H groups in total. The molecular formula is C24H22F4N10O2S. The molecule has 0 atom stereocenters. The number of aromatic nitrogens is 7. The summed E-state index contributed by atoms with van der Waals surface area (Å²) >= 11 is 0. The number of H-pyrrole nitrogens is 1. The molecule has 17 heteroatoms. The first kappa shape index (κ1) is 27.2. The van der Waals surface area contributed by atoms with Crippen LogP contribution in [0, 0.1) is 17.1 Å². The van der Waals surface area contributed by atoms with E-state index in [1.54, 1.807) is 12.5 Å². The number of nitriles is 1. The van der Waals surface area contributed by atoms with Crippen molar-refractivity contribution in [1.82, 2.24) is 43.9 Å². The van der Waals surface area contributed by atoms with Crippen LogP contribution in [0.5, 0.6) is 0 Å². The van der Waals surface area contributed by atoms with Gasteiger partial charge in [0.05, 0.1) is 35.9 Å². The van der Waals surface area contributed by atoms with Crippen LogP contribution in [0.4, 0.5) is 17.6 Å². The van der Waals surface area contributed by atoms with Gasteiger partial charge in [-0.3, -0.25) is 10.00 Å². The number of piperidine rings is 1. The third-order valence-corrected chi connectivity index (χ3v) is 9.62. The van der Waals surface area contributed by atoms with E-state index in [1.807, 2.05) is 10.8 Å². The highest BCUT2D eigenvalue weighted by molar-refractivity contribution is 7.89. The highest BCUT2D eigenvalue weighted by atomic mass is 32.2. The number of aromatic amines is 1. The maximum Gasteiger partial charge on any atom is 0.436 e. The maximum absolute atomic E-state index is 14.5. The van der Waals surface area contributed by atoms with Crippen molar-refractivity contribution in [2.75, 3.05) is 26.2 Å². The van der Waals surface area contributed by atoms with Gasteiger partial charge in [0.2, 0.25) is 10.0 Å². The molecule has 0 saturated carbocycles. The van der Waals surface area contributed by atoms with Gasteiger partial charge in [0, 0.05) is 44.6 Å². The molecule has 0 aromatic carbocycles. The maximum atomic E-state index is 14.5. The van der Waals surface area contributed by atoms with Gasteiger partial charge in [-0.25, -0.2) is 32.7 Å². The Labute approximate surface area is 230 Å². The number of hydrogen-bond donors (Lipinski definition) is 1. The Morgan fingerprint density at radius 3 is 2.61 bits per heavy atom. The minimum atomic E-state index is -5.12. The number of rotatable bonds is 6. The number of pyridine rings is 1. The minimum Gasteiger partial charge on any atom is -0.327 e.